The van der Waals surface area contributed by atoms with E-state index < -0.39 is 16.1 Å². The largest absolute Gasteiger partial charge is 0.357 e. The van der Waals surface area contributed by atoms with Crippen LogP contribution in [-0.2, 0) is 32.6 Å². The summed E-state index contributed by atoms with van der Waals surface area (Å²) >= 11 is 0. The normalized spacial score (nSPS) is 14.2. The topological polar surface area (TPSA) is 86.8 Å². The molecule has 40 heavy (non-hydrogen) atoms. The van der Waals surface area contributed by atoms with Crippen molar-refractivity contribution >= 4 is 38.3 Å². The number of nitrogens with one attached hydrogen (secondary N) is 1. The first-order chi connectivity index (χ1) is 19.3. The monoisotopic (exact) mass is 555 g/mol. The molecule has 4 aromatic rings. The van der Waals surface area contributed by atoms with Gasteiger partial charge >= 0.3 is 0 Å². The molecule has 4 aromatic carbocycles. The fraction of sp³-hybridized carbons (Fsp3) is 0.250. The van der Waals surface area contributed by atoms with Crippen molar-refractivity contribution in [2.24, 2.45) is 0 Å². The Labute approximate surface area is 235 Å². The Morgan fingerprint density at radius 3 is 2.27 bits per heavy atom. The fourth-order valence-corrected chi connectivity index (χ4v) is 7.08. The van der Waals surface area contributed by atoms with E-state index in [0.29, 0.717) is 23.4 Å². The van der Waals surface area contributed by atoms with Crippen molar-refractivity contribution in [2.75, 3.05) is 17.9 Å². The molecule has 2 amide bonds. The molecule has 7 nitrogen and oxygen atoms in total. The third-order valence-electron chi connectivity index (χ3n) is 7.42. The predicted molar refractivity (Wildman–Crippen MR) is 157 cm³/mol. The first kappa shape index (κ1) is 27.4. The lowest BCUT2D eigenvalue weighted by atomic mass is 10.0. The van der Waals surface area contributed by atoms with Gasteiger partial charge in [-0.1, -0.05) is 84.4 Å². The summed E-state index contributed by atoms with van der Waals surface area (Å²) in [6, 6.07) is 27.7. The highest BCUT2D eigenvalue weighted by Gasteiger charge is 2.35. The number of carbonyl (C=O) groups excluding carboxylic acids is 2. The second-order valence-electron chi connectivity index (χ2n) is 10.1. The third-order valence-corrected chi connectivity index (χ3v) is 9.28. The van der Waals surface area contributed by atoms with Crippen LogP contribution >= 0.6 is 0 Å². The number of sulfonamides is 1. The molecule has 1 heterocycles. The maximum atomic E-state index is 13.8. The van der Waals surface area contributed by atoms with Gasteiger partial charge in [0, 0.05) is 38.4 Å². The molecular formula is C32H33N3O4S. The Hall–Kier alpha value is -4.17. The number of hydrogen-bond donors (Lipinski definition) is 1. The van der Waals surface area contributed by atoms with Crippen LogP contribution in [0.5, 0.6) is 0 Å². The number of likely N-dealkylation sites (N-methyl/N-ethyl adjacent to an activating group) is 1. The van der Waals surface area contributed by atoms with E-state index in [2.05, 4.69) is 5.32 Å². The summed E-state index contributed by atoms with van der Waals surface area (Å²) in [7, 11) is -2.12. The van der Waals surface area contributed by atoms with Gasteiger partial charge in [-0.25, -0.2) is 8.42 Å². The van der Waals surface area contributed by atoms with E-state index in [0.717, 1.165) is 27.5 Å². The zero-order chi connectivity index (χ0) is 28.3. The van der Waals surface area contributed by atoms with Gasteiger partial charge in [-0.15, -0.1) is 0 Å². The number of hydrogen-bond acceptors (Lipinski definition) is 4. The van der Waals surface area contributed by atoms with E-state index in [1.165, 1.54) is 4.31 Å². The molecule has 0 spiro atoms. The van der Waals surface area contributed by atoms with Crippen molar-refractivity contribution in [3.8, 4) is 0 Å². The van der Waals surface area contributed by atoms with E-state index in [-0.39, 0.29) is 31.3 Å². The van der Waals surface area contributed by atoms with Crippen molar-refractivity contribution in [3.63, 3.8) is 0 Å². The second kappa shape index (κ2) is 11.5. The van der Waals surface area contributed by atoms with Gasteiger partial charge in [0.1, 0.15) is 6.04 Å². The molecule has 8 heteroatoms. The average Bonchev–Trinajstić information content (AvgIpc) is 3.19. The molecule has 1 N–H and O–H groups in total. The van der Waals surface area contributed by atoms with E-state index in [1.54, 1.807) is 24.1 Å². The molecular weight excluding hydrogens is 522 g/mol. The average molecular weight is 556 g/mol. The lowest BCUT2D eigenvalue weighted by Crippen LogP contribution is -2.49. The standard InChI is InChI=1S/C32H33N3O4S/c1-23-16-18-25(19-17-23)22-34(28(32(37)33-2)21-24-9-4-3-5-10-24)30(36)15-8-20-35-27-13-6-11-26-12-7-14-29(31(26)27)40(35,38)39/h3-7,9-14,16-19,28H,8,15,20-22H2,1-2H3,(H,33,37)/t28-/m1/s1. The summed E-state index contributed by atoms with van der Waals surface area (Å²) in [6.45, 7) is 2.45. The van der Waals surface area contributed by atoms with E-state index in [4.69, 9.17) is 0 Å². The zero-order valence-corrected chi connectivity index (χ0v) is 23.5. The molecule has 5 rings (SSSR count). The van der Waals surface area contributed by atoms with Gasteiger partial charge in [0.05, 0.1) is 10.6 Å². The van der Waals surface area contributed by atoms with Crippen molar-refractivity contribution in [1.29, 1.82) is 0 Å². The minimum Gasteiger partial charge on any atom is -0.357 e. The van der Waals surface area contributed by atoms with E-state index in [1.807, 2.05) is 85.8 Å². The number of benzene rings is 4. The highest BCUT2D eigenvalue weighted by Crippen LogP contribution is 2.42. The summed E-state index contributed by atoms with van der Waals surface area (Å²) in [6.07, 6.45) is 0.793. The predicted octanol–water partition coefficient (Wildman–Crippen LogP) is 4.82. The molecule has 0 fully saturated rings. The van der Waals surface area contributed by atoms with Gasteiger partial charge in [-0.05, 0) is 42.0 Å². The Bertz CT molecular complexity index is 1630. The summed E-state index contributed by atoms with van der Waals surface area (Å²) in [4.78, 5) is 28.8. The van der Waals surface area contributed by atoms with Crippen LogP contribution in [0.15, 0.2) is 95.9 Å². The second-order valence-corrected chi connectivity index (χ2v) is 12.0. The SMILES string of the molecule is CNC(=O)[C@@H](Cc1ccccc1)N(Cc1ccc(C)cc1)C(=O)CCCN1c2cccc3cccc(c23)S1(=O)=O. The summed E-state index contributed by atoms with van der Waals surface area (Å²) < 4.78 is 28.1. The summed E-state index contributed by atoms with van der Waals surface area (Å²) in [5.41, 5.74) is 3.62. The van der Waals surface area contributed by atoms with Gasteiger partial charge in [0.25, 0.3) is 10.0 Å². The number of aryl methyl sites for hydroxylation is 1. The highest BCUT2D eigenvalue weighted by atomic mass is 32.2. The van der Waals surface area contributed by atoms with Crippen LogP contribution in [0, 0.1) is 6.92 Å². The summed E-state index contributed by atoms with van der Waals surface area (Å²) in [5, 5.41) is 4.32. The van der Waals surface area contributed by atoms with Crippen LogP contribution in [-0.4, -0.2) is 44.8 Å². The van der Waals surface area contributed by atoms with Gasteiger partial charge in [-0.3, -0.25) is 13.9 Å². The number of amides is 2. The fourth-order valence-electron chi connectivity index (χ4n) is 5.33. The van der Waals surface area contributed by atoms with Gasteiger partial charge in [0.15, 0.2) is 0 Å². The molecule has 0 bridgehead atoms. The highest BCUT2D eigenvalue weighted by molar-refractivity contribution is 7.93. The Morgan fingerprint density at radius 2 is 1.57 bits per heavy atom. The van der Waals surface area contributed by atoms with Crippen LogP contribution < -0.4 is 9.62 Å². The summed E-state index contributed by atoms with van der Waals surface area (Å²) in [5.74, 6) is -0.439. The van der Waals surface area contributed by atoms with Crippen LogP contribution in [0.1, 0.15) is 29.5 Å². The van der Waals surface area contributed by atoms with Gasteiger partial charge in [-0.2, -0.15) is 0 Å². The first-order valence-corrected chi connectivity index (χ1v) is 14.9. The molecule has 0 saturated heterocycles. The minimum atomic E-state index is -3.70. The molecule has 0 radical (unpaired) electrons. The van der Waals surface area contributed by atoms with Gasteiger partial charge in [0.2, 0.25) is 11.8 Å². The van der Waals surface area contributed by atoms with Crippen molar-refractivity contribution in [1.82, 2.24) is 10.2 Å². The molecule has 1 aliphatic heterocycles. The Balaban J connectivity index is 1.37. The molecule has 0 unspecified atom stereocenters. The number of rotatable bonds is 10. The van der Waals surface area contributed by atoms with Crippen molar-refractivity contribution in [3.05, 3.63) is 108 Å². The van der Waals surface area contributed by atoms with Crippen LogP contribution in [0.4, 0.5) is 5.69 Å². The maximum absolute atomic E-state index is 13.8. The minimum absolute atomic E-state index is 0.104. The number of carbonyl (C=O) groups is 2. The Morgan fingerprint density at radius 1 is 0.875 bits per heavy atom. The van der Waals surface area contributed by atoms with Crippen LogP contribution in [0.3, 0.4) is 0 Å². The van der Waals surface area contributed by atoms with Gasteiger partial charge < -0.3 is 10.2 Å². The number of nitrogens with zero attached hydrogens (tertiary/aromatic N) is 2. The first-order valence-electron chi connectivity index (χ1n) is 13.4. The molecule has 1 atom stereocenters. The van der Waals surface area contributed by atoms with Crippen molar-refractivity contribution in [2.45, 2.75) is 43.7 Å². The molecule has 206 valence electrons. The molecule has 1 aliphatic rings. The molecule has 0 aliphatic carbocycles. The van der Waals surface area contributed by atoms with Crippen LogP contribution in [0.25, 0.3) is 10.8 Å². The molecule has 0 saturated carbocycles. The van der Waals surface area contributed by atoms with Crippen LogP contribution in [0.2, 0.25) is 0 Å². The molecule has 0 aromatic heterocycles. The van der Waals surface area contributed by atoms with Crippen molar-refractivity contribution < 1.29 is 18.0 Å². The number of anilines is 1. The maximum Gasteiger partial charge on any atom is 0.265 e. The zero-order valence-electron chi connectivity index (χ0n) is 22.7. The lowest BCUT2D eigenvalue weighted by molar-refractivity contribution is -0.141. The van der Waals surface area contributed by atoms with E-state index >= 15 is 0 Å². The Kier molecular flexibility index (Phi) is 7.89. The smallest absolute Gasteiger partial charge is 0.265 e. The lowest BCUT2D eigenvalue weighted by Gasteiger charge is -2.31. The quantitative estimate of drug-likeness (QED) is 0.304. The van der Waals surface area contributed by atoms with E-state index in [9.17, 15) is 18.0 Å². The third kappa shape index (κ3) is 5.45.